The van der Waals surface area contributed by atoms with E-state index in [2.05, 4.69) is 21.1 Å². The van der Waals surface area contributed by atoms with Gasteiger partial charge in [0.15, 0.2) is 11.5 Å². The molecule has 2 rings (SSSR count). The maximum atomic E-state index is 10.4. The van der Waals surface area contributed by atoms with Crippen molar-refractivity contribution in [2.24, 2.45) is 5.18 Å². The van der Waals surface area contributed by atoms with Crippen molar-refractivity contribution >= 4 is 27.5 Å². The number of methoxy groups -OCH3 is 1. The van der Waals surface area contributed by atoms with Crippen LogP contribution < -0.4 is 9.47 Å². The Balaban J connectivity index is 2.18. The molecule has 0 bridgehead atoms. The van der Waals surface area contributed by atoms with Gasteiger partial charge in [-0.05, 0) is 51.3 Å². The molecule has 0 aliphatic heterocycles. The fourth-order valence-electron chi connectivity index (χ4n) is 1.82. The standard InChI is InChI=1S/C15H13BrClNO3/c1-20-14-7-11(8-18-19)6-13(16)15(14)21-9-10-2-4-12(17)5-3-10/h2-7H,8-9H2,1H3. The van der Waals surface area contributed by atoms with Gasteiger partial charge in [0.2, 0.25) is 0 Å². The predicted octanol–water partition coefficient (Wildman–Crippen LogP) is 4.96. The van der Waals surface area contributed by atoms with E-state index >= 15 is 0 Å². The summed E-state index contributed by atoms with van der Waals surface area (Å²) in [5.74, 6) is 1.14. The van der Waals surface area contributed by atoms with E-state index in [0.29, 0.717) is 23.1 Å². The van der Waals surface area contributed by atoms with Gasteiger partial charge in [0.25, 0.3) is 0 Å². The highest BCUT2D eigenvalue weighted by Crippen LogP contribution is 2.37. The molecule has 0 amide bonds. The molecule has 0 N–H and O–H groups in total. The molecule has 2 aromatic carbocycles. The van der Waals surface area contributed by atoms with Crippen molar-refractivity contribution in [3.8, 4) is 11.5 Å². The van der Waals surface area contributed by atoms with Crippen molar-refractivity contribution in [2.75, 3.05) is 7.11 Å². The zero-order chi connectivity index (χ0) is 15.2. The topological polar surface area (TPSA) is 47.9 Å². The molecule has 0 fully saturated rings. The highest BCUT2D eigenvalue weighted by atomic mass is 79.9. The van der Waals surface area contributed by atoms with E-state index in [-0.39, 0.29) is 6.54 Å². The summed E-state index contributed by atoms with van der Waals surface area (Å²) in [7, 11) is 1.55. The van der Waals surface area contributed by atoms with Crippen molar-refractivity contribution in [1.82, 2.24) is 0 Å². The lowest BCUT2D eigenvalue weighted by Gasteiger charge is -2.14. The molecule has 0 saturated carbocycles. The zero-order valence-electron chi connectivity index (χ0n) is 11.3. The van der Waals surface area contributed by atoms with Crippen LogP contribution in [0.2, 0.25) is 5.02 Å². The van der Waals surface area contributed by atoms with Crippen LogP contribution in [-0.4, -0.2) is 7.11 Å². The first kappa shape index (κ1) is 15.8. The van der Waals surface area contributed by atoms with Crippen LogP contribution in [-0.2, 0) is 13.2 Å². The smallest absolute Gasteiger partial charge is 0.175 e. The lowest BCUT2D eigenvalue weighted by molar-refractivity contribution is 0.282. The van der Waals surface area contributed by atoms with Gasteiger partial charge < -0.3 is 9.47 Å². The zero-order valence-corrected chi connectivity index (χ0v) is 13.6. The van der Waals surface area contributed by atoms with Crippen molar-refractivity contribution < 1.29 is 9.47 Å². The van der Waals surface area contributed by atoms with Crippen LogP contribution in [0.5, 0.6) is 11.5 Å². The van der Waals surface area contributed by atoms with Crippen LogP contribution in [0.15, 0.2) is 46.0 Å². The molecule has 0 heterocycles. The molecule has 21 heavy (non-hydrogen) atoms. The number of nitrogens with zero attached hydrogens (tertiary/aromatic N) is 1. The second-order valence-electron chi connectivity index (χ2n) is 4.31. The van der Waals surface area contributed by atoms with Gasteiger partial charge in [-0.3, -0.25) is 0 Å². The number of hydrogen-bond donors (Lipinski definition) is 0. The Hall–Kier alpha value is -1.59. The highest BCUT2D eigenvalue weighted by molar-refractivity contribution is 9.10. The molecule has 2 aromatic rings. The maximum absolute atomic E-state index is 10.4. The molecule has 110 valence electrons. The second-order valence-corrected chi connectivity index (χ2v) is 5.60. The normalized spacial score (nSPS) is 10.2. The van der Waals surface area contributed by atoms with Gasteiger partial charge in [0.05, 0.1) is 11.6 Å². The van der Waals surface area contributed by atoms with E-state index in [1.54, 1.807) is 19.2 Å². The third-order valence-corrected chi connectivity index (χ3v) is 3.67. The van der Waals surface area contributed by atoms with Crippen molar-refractivity contribution in [3.63, 3.8) is 0 Å². The van der Waals surface area contributed by atoms with Crippen LogP contribution in [0, 0.1) is 4.91 Å². The lowest BCUT2D eigenvalue weighted by Crippen LogP contribution is -1.99. The average molecular weight is 371 g/mol. The Labute approximate surface area is 136 Å². The van der Waals surface area contributed by atoms with E-state index < -0.39 is 0 Å². The van der Waals surface area contributed by atoms with E-state index in [4.69, 9.17) is 21.1 Å². The Morgan fingerprint density at radius 1 is 1.19 bits per heavy atom. The minimum atomic E-state index is 0.0897. The SMILES string of the molecule is COc1cc(CN=O)cc(Br)c1OCc1ccc(Cl)cc1. The molecule has 6 heteroatoms. The van der Waals surface area contributed by atoms with Gasteiger partial charge in [0.1, 0.15) is 13.2 Å². The monoisotopic (exact) mass is 369 g/mol. The number of hydrogen-bond acceptors (Lipinski definition) is 4. The van der Waals surface area contributed by atoms with Gasteiger partial charge in [0, 0.05) is 5.02 Å². The van der Waals surface area contributed by atoms with Gasteiger partial charge >= 0.3 is 0 Å². The molecular weight excluding hydrogens is 358 g/mol. The molecule has 0 atom stereocenters. The Kier molecular flexibility index (Phi) is 5.59. The first-order valence-electron chi connectivity index (χ1n) is 6.17. The molecule has 0 aliphatic rings. The van der Waals surface area contributed by atoms with Crippen LogP contribution in [0.3, 0.4) is 0 Å². The molecule has 4 nitrogen and oxygen atoms in total. The van der Waals surface area contributed by atoms with Crippen LogP contribution in [0.25, 0.3) is 0 Å². The molecular formula is C15H13BrClNO3. The molecule has 0 aliphatic carbocycles. The quantitative estimate of drug-likeness (QED) is 0.675. The van der Waals surface area contributed by atoms with Gasteiger partial charge in [-0.15, -0.1) is 0 Å². The number of halogens is 2. The van der Waals surface area contributed by atoms with Gasteiger partial charge in [-0.2, -0.15) is 4.91 Å². The van der Waals surface area contributed by atoms with E-state index in [9.17, 15) is 4.91 Å². The van der Waals surface area contributed by atoms with Gasteiger partial charge in [-0.1, -0.05) is 28.9 Å². The Morgan fingerprint density at radius 3 is 2.52 bits per heavy atom. The fourth-order valence-corrected chi connectivity index (χ4v) is 2.55. The summed E-state index contributed by atoms with van der Waals surface area (Å²) < 4.78 is 11.8. The molecule has 0 saturated heterocycles. The minimum Gasteiger partial charge on any atom is -0.493 e. The van der Waals surface area contributed by atoms with Gasteiger partial charge in [-0.25, -0.2) is 0 Å². The number of nitroso groups, excluding NO2 is 1. The highest BCUT2D eigenvalue weighted by Gasteiger charge is 2.12. The maximum Gasteiger partial charge on any atom is 0.175 e. The Bertz CT molecular complexity index is 632. The van der Waals surface area contributed by atoms with Crippen LogP contribution in [0.4, 0.5) is 0 Å². The van der Waals surface area contributed by atoms with E-state index in [0.717, 1.165) is 15.6 Å². The largest absolute Gasteiger partial charge is 0.493 e. The fraction of sp³-hybridized carbons (Fsp3) is 0.200. The lowest BCUT2D eigenvalue weighted by atomic mass is 10.2. The summed E-state index contributed by atoms with van der Waals surface area (Å²) in [6.07, 6.45) is 0. The van der Waals surface area contributed by atoms with Crippen LogP contribution >= 0.6 is 27.5 Å². The second kappa shape index (κ2) is 7.43. The first-order chi connectivity index (χ1) is 10.1. The summed E-state index contributed by atoms with van der Waals surface area (Å²) in [5, 5.41) is 3.56. The van der Waals surface area contributed by atoms with E-state index in [1.165, 1.54) is 0 Å². The molecule has 0 unspecified atom stereocenters. The predicted molar refractivity (Wildman–Crippen MR) is 86.0 cm³/mol. The molecule has 0 radical (unpaired) electrons. The number of ether oxygens (including phenoxy) is 2. The average Bonchev–Trinajstić information content (AvgIpc) is 2.47. The summed E-state index contributed by atoms with van der Waals surface area (Å²) in [6.45, 7) is 0.476. The third kappa shape index (κ3) is 4.19. The van der Waals surface area contributed by atoms with Crippen LogP contribution in [0.1, 0.15) is 11.1 Å². The first-order valence-corrected chi connectivity index (χ1v) is 7.34. The number of benzene rings is 2. The minimum absolute atomic E-state index is 0.0897. The molecule has 0 spiro atoms. The summed E-state index contributed by atoms with van der Waals surface area (Å²) in [5.41, 5.74) is 1.75. The Morgan fingerprint density at radius 2 is 1.90 bits per heavy atom. The van der Waals surface area contributed by atoms with Crippen molar-refractivity contribution in [1.29, 1.82) is 0 Å². The third-order valence-electron chi connectivity index (χ3n) is 2.83. The summed E-state index contributed by atoms with van der Waals surface area (Å²) >= 11 is 9.27. The van der Waals surface area contributed by atoms with Crippen molar-refractivity contribution in [3.05, 3.63) is 61.9 Å². The van der Waals surface area contributed by atoms with Crippen molar-refractivity contribution in [2.45, 2.75) is 13.2 Å². The number of rotatable bonds is 6. The summed E-state index contributed by atoms with van der Waals surface area (Å²) in [6, 6.07) is 10.9. The summed E-state index contributed by atoms with van der Waals surface area (Å²) in [4.78, 5) is 10.4. The van der Waals surface area contributed by atoms with E-state index in [1.807, 2.05) is 24.3 Å². The molecule has 0 aromatic heterocycles.